The van der Waals surface area contributed by atoms with Gasteiger partial charge in [-0.15, -0.1) is 0 Å². The number of nitrogens with zero attached hydrogens (tertiary/aromatic N) is 1. The largest absolute Gasteiger partial charge is 0.390 e. The first-order valence-corrected chi connectivity index (χ1v) is 6.01. The number of carbonyl (C=O) groups is 1. The van der Waals surface area contributed by atoms with Crippen LogP contribution in [0.25, 0.3) is 0 Å². The molecule has 1 saturated heterocycles. The second kappa shape index (κ2) is 4.22. The number of Topliss-reactive ketones (excluding diaryl/α,β-unsaturated/α-hetero) is 1. The smallest absolute Gasteiger partial charge is 0.134 e. The minimum Gasteiger partial charge on any atom is -0.390 e. The fourth-order valence-corrected chi connectivity index (χ4v) is 2.94. The summed E-state index contributed by atoms with van der Waals surface area (Å²) in [6.45, 7) is 6.01. The average molecular weight is 211 g/mol. The Balaban J connectivity index is 2.00. The highest BCUT2D eigenvalue weighted by Crippen LogP contribution is 2.34. The van der Waals surface area contributed by atoms with Crippen LogP contribution in [0.3, 0.4) is 0 Å². The number of aliphatic hydroxyl groups excluding tert-OH is 1. The Morgan fingerprint density at radius 1 is 1.40 bits per heavy atom. The molecule has 3 nitrogen and oxygen atoms in total. The lowest BCUT2D eigenvalue weighted by molar-refractivity contribution is -0.127. The number of likely N-dealkylation sites (tertiary alicyclic amines) is 1. The number of carbonyl (C=O) groups excluding carboxylic acids is 1. The van der Waals surface area contributed by atoms with Gasteiger partial charge in [-0.2, -0.15) is 0 Å². The first kappa shape index (κ1) is 11.1. The van der Waals surface area contributed by atoms with E-state index in [9.17, 15) is 9.90 Å². The molecule has 3 heteroatoms. The van der Waals surface area contributed by atoms with Gasteiger partial charge in [-0.1, -0.05) is 13.8 Å². The molecule has 0 radical (unpaired) electrons. The maximum Gasteiger partial charge on any atom is 0.134 e. The van der Waals surface area contributed by atoms with Crippen molar-refractivity contribution < 1.29 is 9.90 Å². The lowest BCUT2D eigenvalue weighted by Gasteiger charge is -2.47. The van der Waals surface area contributed by atoms with Gasteiger partial charge in [0, 0.05) is 32.0 Å². The van der Waals surface area contributed by atoms with Crippen molar-refractivity contribution in [2.24, 2.45) is 11.8 Å². The number of hydrogen-bond donors (Lipinski definition) is 1. The van der Waals surface area contributed by atoms with Crippen LogP contribution in [0.15, 0.2) is 0 Å². The van der Waals surface area contributed by atoms with Gasteiger partial charge in [0.15, 0.2) is 0 Å². The summed E-state index contributed by atoms with van der Waals surface area (Å²) in [7, 11) is 0. The summed E-state index contributed by atoms with van der Waals surface area (Å²) >= 11 is 0. The van der Waals surface area contributed by atoms with E-state index >= 15 is 0 Å². The van der Waals surface area contributed by atoms with E-state index < -0.39 is 0 Å². The summed E-state index contributed by atoms with van der Waals surface area (Å²) in [5.41, 5.74) is 0. The minimum atomic E-state index is -0.158. The third-order valence-corrected chi connectivity index (χ3v) is 3.90. The monoisotopic (exact) mass is 211 g/mol. The van der Waals surface area contributed by atoms with E-state index in [0.29, 0.717) is 30.1 Å². The summed E-state index contributed by atoms with van der Waals surface area (Å²) in [4.78, 5) is 13.8. The van der Waals surface area contributed by atoms with E-state index in [-0.39, 0.29) is 6.10 Å². The van der Waals surface area contributed by atoms with Crippen LogP contribution in [-0.2, 0) is 4.79 Å². The van der Waals surface area contributed by atoms with E-state index in [1.54, 1.807) is 0 Å². The van der Waals surface area contributed by atoms with Crippen LogP contribution < -0.4 is 0 Å². The van der Waals surface area contributed by atoms with Crippen LogP contribution in [0.5, 0.6) is 0 Å². The molecule has 1 saturated carbocycles. The van der Waals surface area contributed by atoms with Gasteiger partial charge in [-0.3, -0.25) is 9.69 Å². The molecule has 2 rings (SSSR count). The van der Waals surface area contributed by atoms with Crippen LogP contribution >= 0.6 is 0 Å². The standard InChI is InChI=1S/C12H21NO2/c1-8(2)11-4-3-9(14)5-12(11)13-6-10(15)7-13/h8,10-12,15H,3-7H2,1-2H3. The van der Waals surface area contributed by atoms with E-state index in [2.05, 4.69) is 18.7 Å². The average Bonchev–Trinajstić information content (AvgIpc) is 2.12. The molecule has 0 aromatic heterocycles. The molecule has 15 heavy (non-hydrogen) atoms. The van der Waals surface area contributed by atoms with Crippen molar-refractivity contribution in [3.05, 3.63) is 0 Å². The van der Waals surface area contributed by atoms with E-state index in [0.717, 1.165) is 25.9 Å². The quantitative estimate of drug-likeness (QED) is 0.742. The molecule has 2 unspecified atom stereocenters. The zero-order valence-electron chi connectivity index (χ0n) is 9.65. The Bertz CT molecular complexity index is 246. The SMILES string of the molecule is CC(C)C1CCC(=O)CC1N1CC(O)C1. The maximum absolute atomic E-state index is 11.5. The molecule has 0 amide bonds. The Morgan fingerprint density at radius 3 is 2.60 bits per heavy atom. The molecular weight excluding hydrogens is 190 g/mol. The molecule has 1 N–H and O–H groups in total. The second-order valence-electron chi connectivity index (χ2n) is 5.36. The van der Waals surface area contributed by atoms with Gasteiger partial charge >= 0.3 is 0 Å². The van der Waals surface area contributed by atoms with Gasteiger partial charge < -0.3 is 5.11 Å². The minimum absolute atomic E-state index is 0.158. The topological polar surface area (TPSA) is 40.5 Å². The van der Waals surface area contributed by atoms with Crippen molar-refractivity contribution >= 4 is 5.78 Å². The molecule has 1 heterocycles. The molecule has 2 fully saturated rings. The van der Waals surface area contributed by atoms with Crippen molar-refractivity contribution in [3.63, 3.8) is 0 Å². The predicted molar refractivity (Wildman–Crippen MR) is 58.6 cm³/mol. The van der Waals surface area contributed by atoms with E-state index in [1.807, 2.05) is 0 Å². The summed E-state index contributed by atoms with van der Waals surface area (Å²) in [6, 6.07) is 0.398. The molecule has 0 aromatic carbocycles. The van der Waals surface area contributed by atoms with Gasteiger partial charge in [0.2, 0.25) is 0 Å². The third-order valence-electron chi connectivity index (χ3n) is 3.90. The van der Waals surface area contributed by atoms with Crippen molar-refractivity contribution in [1.82, 2.24) is 4.90 Å². The summed E-state index contributed by atoms with van der Waals surface area (Å²) in [5, 5.41) is 9.31. The highest BCUT2D eigenvalue weighted by molar-refractivity contribution is 5.79. The number of β-amino-alcohol motifs (C(OH)–C–C–N with tert-alkyl or cyclic N) is 1. The first-order chi connectivity index (χ1) is 7.08. The summed E-state index contributed by atoms with van der Waals surface area (Å²) in [5.74, 6) is 1.68. The fraction of sp³-hybridized carbons (Fsp3) is 0.917. The molecule has 86 valence electrons. The summed E-state index contributed by atoms with van der Waals surface area (Å²) < 4.78 is 0. The van der Waals surface area contributed by atoms with Crippen molar-refractivity contribution in [3.8, 4) is 0 Å². The Hall–Kier alpha value is -0.410. The van der Waals surface area contributed by atoms with Gasteiger partial charge in [-0.25, -0.2) is 0 Å². The lowest BCUT2D eigenvalue weighted by atomic mass is 9.75. The van der Waals surface area contributed by atoms with Gasteiger partial charge in [0.1, 0.15) is 5.78 Å². The third kappa shape index (κ3) is 2.23. The Morgan fingerprint density at radius 2 is 2.07 bits per heavy atom. The molecule has 0 aromatic rings. The highest BCUT2D eigenvalue weighted by Gasteiger charge is 2.39. The van der Waals surface area contributed by atoms with Crippen LogP contribution in [0.2, 0.25) is 0 Å². The van der Waals surface area contributed by atoms with Gasteiger partial charge in [-0.05, 0) is 18.3 Å². The number of aliphatic hydroxyl groups is 1. The molecule has 1 aliphatic carbocycles. The zero-order chi connectivity index (χ0) is 11.0. The zero-order valence-corrected chi connectivity index (χ0v) is 9.65. The number of hydrogen-bond acceptors (Lipinski definition) is 3. The van der Waals surface area contributed by atoms with Crippen LogP contribution in [0.4, 0.5) is 0 Å². The summed E-state index contributed by atoms with van der Waals surface area (Å²) in [6.07, 6.45) is 2.34. The molecule has 2 atom stereocenters. The van der Waals surface area contributed by atoms with Crippen molar-refractivity contribution in [2.75, 3.05) is 13.1 Å². The molecule has 0 spiro atoms. The predicted octanol–water partition coefficient (Wildman–Crippen LogP) is 1.06. The van der Waals surface area contributed by atoms with Crippen molar-refractivity contribution in [2.45, 2.75) is 45.3 Å². The first-order valence-electron chi connectivity index (χ1n) is 6.01. The van der Waals surface area contributed by atoms with Gasteiger partial charge in [0.05, 0.1) is 6.10 Å². The number of ketones is 1. The molecule has 0 bridgehead atoms. The highest BCUT2D eigenvalue weighted by atomic mass is 16.3. The Kier molecular flexibility index (Phi) is 3.12. The number of rotatable bonds is 2. The van der Waals surface area contributed by atoms with Crippen molar-refractivity contribution in [1.29, 1.82) is 0 Å². The van der Waals surface area contributed by atoms with Crippen LogP contribution in [0, 0.1) is 11.8 Å². The molecular formula is C12H21NO2. The van der Waals surface area contributed by atoms with E-state index in [1.165, 1.54) is 0 Å². The molecule has 1 aliphatic heterocycles. The van der Waals surface area contributed by atoms with E-state index in [4.69, 9.17) is 0 Å². The van der Waals surface area contributed by atoms with Gasteiger partial charge in [0.25, 0.3) is 0 Å². The fourth-order valence-electron chi connectivity index (χ4n) is 2.94. The van der Waals surface area contributed by atoms with Crippen LogP contribution in [-0.4, -0.2) is 41.0 Å². The lowest BCUT2D eigenvalue weighted by Crippen LogP contribution is -2.59. The maximum atomic E-state index is 11.5. The normalized spacial score (nSPS) is 34.5. The Labute approximate surface area is 91.5 Å². The van der Waals surface area contributed by atoms with Crippen LogP contribution in [0.1, 0.15) is 33.1 Å². The molecule has 2 aliphatic rings. The second-order valence-corrected chi connectivity index (χ2v) is 5.36.